The maximum absolute atomic E-state index is 12.5. The summed E-state index contributed by atoms with van der Waals surface area (Å²) in [5, 5.41) is 2.71. The third-order valence-corrected chi connectivity index (χ3v) is 5.45. The molecule has 144 valence electrons. The molecule has 3 aromatic carbocycles. The van der Waals surface area contributed by atoms with Gasteiger partial charge in [-0.05, 0) is 43.3 Å². The zero-order chi connectivity index (χ0) is 20.0. The lowest BCUT2D eigenvalue weighted by Gasteiger charge is -2.16. The molecule has 2 N–H and O–H groups in total. The van der Waals surface area contributed by atoms with Crippen molar-refractivity contribution in [1.29, 1.82) is 0 Å². The van der Waals surface area contributed by atoms with Gasteiger partial charge in [0, 0.05) is 0 Å². The summed E-state index contributed by atoms with van der Waals surface area (Å²) >= 11 is 0. The van der Waals surface area contributed by atoms with Crippen molar-refractivity contribution in [1.82, 2.24) is 4.72 Å². The highest BCUT2D eigenvalue weighted by atomic mass is 32.2. The van der Waals surface area contributed by atoms with E-state index in [2.05, 4.69) is 10.0 Å². The molecule has 0 radical (unpaired) electrons. The first kappa shape index (κ1) is 19.6. The quantitative estimate of drug-likeness (QED) is 0.636. The topological polar surface area (TPSA) is 84.5 Å². The minimum atomic E-state index is -3.80. The molecule has 28 heavy (non-hydrogen) atoms. The first-order valence-corrected chi connectivity index (χ1v) is 10.1. The lowest BCUT2D eigenvalue weighted by atomic mass is 10.2. The maximum atomic E-state index is 12.5. The van der Waals surface area contributed by atoms with Gasteiger partial charge in [-0.15, -0.1) is 0 Å². The Hall–Kier alpha value is -3.16. The third kappa shape index (κ3) is 4.97. The molecule has 0 bridgehead atoms. The first-order valence-electron chi connectivity index (χ1n) is 8.66. The number of para-hydroxylation sites is 3. The number of hydrogen-bond acceptors (Lipinski definition) is 4. The fraction of sp³-hybridized carbons (Fsp3) is 0.0952. The van der Waals surface area contributed by atoms with Crippen molar-refractivity contribution in [3.05, 3.63) is 84.9 Å². The van der Waals surface area contributed by atoms with E-state index in [1.165, 1.54) is 19.1 Å². The van der Waals surface area contributed by atoms with Crippen molar-refractivity contribution < 1.29 is 17.9 Å². The Morgan fingerprint density at radius 3 is 2.11 bits per heavy atom. The summed E-state index contributed by atoms with van der Waals surface area (Å²) in [6.07, 6.45) is 0. The largest absolute Gasteiger partial charge is 0.455 e. The van der Waals surface area contributed by atoms with Gasteiger partial charge in [-0.3, -0.25) is 4.79 Å². The molecule has 0 aliphatic carbocycles. The molecule has 0 aliphatic heterocycles. The highest BCUT2D eigenvalue weighted by Crippen LogP contribution is 2.29. The number of hydrogen-bond donors (Lipinski definition) is 2. The summed E-state index contributed by atoms with van der Waals surface area (Å²) in [4.78, 5) is 12.6. The van der Waals surface area contributed by atoms with Gasteiger partial charge in [-0.25, -0.2) is 8.42 Å². The second-order valence-electron chi connectivity index (χ2n) is 6.06. The highest BCUT2D eigenvalue weighted by Gasteiger charge is 2.22. The van der Waals surface area contributed by atoms with Crippen molar-refractivity contribution >= 4 is 21.6 Å². The van der Waals surface area contributed by atoms with Crippen LogP contribution in [0.2, 0.25) is 0 Å². The monoisotopic (exact) mass is 396 g/mol. The number of amides is 1. The zero-order valence-corrected chi connectivity index (χ0v) is 16.0. The summed E-state index contributed by atoms with van der Waals surface area (Å²) in [6, 6.07) is 23.0. The van der Waals surface area contributed by atoms with E-state index in [9.17, 15) is 13.2 Å². The van der Waals surface area contributed by atoms with Gasteiger partial charge < -0.3 is 10.1 Å². The van der Waals surface area contributed by atoms with Crippen molar-refractivity contribution in [2.24, 2.45) is 0 Å². The standard InChI is InChI=1S/C21H20N2O4S/c1-16(23-28(25,26)18-12-6-3-7-13-18)21(24)22-19-14-8-9-15-20(19)27-17-10-4-2-5-11-17/h2-16,23H,1H3,(H,22,24)/t16-/m0/s1. The third-order valence-electron chi connectivity index (χ3n) is 3.89. The van der Waals surface area contributed by atoms with Crippen LogP contribution in [-0.2, 0) is 14.8 Å². The van der Waals surface area contributed by atoms with Gasteiger partial charge in [0.1, 0.15) is 5.75 Å². The van der Waals surface area contributed by atoms with Crippen molar-refractivity contribution in [2.75, 3.05) is 5.32 Å². The number of nitrogens with one attached hydrogen (secondary N) is 2. The molecule has 1 amide bonds. The van der Waals surface area contributed by atoms with Crippen LogP contribution in [0.5, 0.6) is 11.5 Å². The predicted molar refractivity (Wildman–Crippen MR) is 108 cm³/mol. The number of carbonyl (C=O) groups excluding carboxylic acids is 1. The van der Waals surface area contributed by atoms with Crippen LogP contribution in [0.1, 0.15) is 6.92 Å². The van der Waals surface area contributed by atoms with Crippen LogP contribution in [0.3, 0.4) is 0 Å². The van der Waals surface area contributed by atoms with Crippen LogP contribution in [0.15, 0.2) is 89.8 Å². The van der Waals surface area contributed by atoms with E-state index in [0.29, 0.717) is 17.2 Å². The van der Waals surface area contributed by atoms with Crippen LogP contribution in [0, 0.1) is 0 Å². The molecular weight excluding hydrogens is 376 g/mol. The second kappa shape index (κ2) is 8.69. The van der Waals surface area contributed by atoms with Gasteiger partial charge in [-0.1, -0.05) is 48.5 Å². The van der Waals surface area contributed by atoms with Gasteiger partial charge in [0.25, 0.3) is 0 Å². The van der Waals surface area contributed by atoms with E-state index in [0.717, 1.165) is 0 Å². The summed E-state index contributed by atoms with van der Waals surface area (Å²) in [7, 11) is -3.80. The van der Waals surface area contributed by atoms with Gasteiger partial charge in [0.05, 0.1) is 16.6 Å². The molecule has 0 aliphatic rings. The number of carbonyl (C=O) groups is 1. The zero-order valence-electron chi connectivity index (χ0n) is 15.2. The fourth-order valence-electron chi connectivity index (χ4n) is 2.47. The van der Waals surface area contributed by atoms with Gasteiger partial charge in [0.15, 0.2) is 5.75 Å². The summed E-state index contributed by atoms with van der Waals surface area (Å²) in [5.41, 5.74) is 0.446. The SMILES string of the molecule is C[C@H](NS(=O)(=O)c1ccccc1)C(=O)Nc1ccccc1Oc1ccccc1. The molecular formula is C21H20N2O4S. The van der Waals surface area contributed by atoms with Crippen molar-refractivity contribution in [3.8, 4) is 11.5 Å². The molecule has 0 spiro atoms. The molecule has 0 saturated heterocycles. The van der Waals surface area contributed by atoms with E-state index < -0.39 is 22.0 Å². The van der Waals surface area contributed by atoms with Crippen molar-refractivity contribution in [3.63, 3.8) is 0 Å². The Labute approximate surface area is 164 Å². The van der Waals surface area contributed by atoms with Crippen LogP contribution in [0.25, 0.3) is 0 Å². The van der Waals surface area contributed by atoms with E-state index in [-0.39, 0.29) is 4.90 Å². The minimum Gasteiger partial charge on any atom is -0.455 e. The highest BCUT2D eigenvalue weighted by molar-refractivity contribution is 7.89. The minimum absolute atomic E-state index is 0.0995. The van der Waals surface area contributed by atoms with Gasteiger partial charge in [0.2, 0.25) is 15.9 Å². The summed E-state index contributed by atoms with van der Waals surface area (Å²) < 4.78 is 33.0. The summed E-state index contributed by atoms with van der Waals surface area (Å²) in [5.74, 6) is 0.589. The number of benzene rings is 3. The number of sulfonamides is 1. The number of ether oxygens (including phenoxy) is 1. The Morgan fingerprint density at radius 1 is 0.857 bits per heavy atom. The summed E-state index contributed by atoms with van der Waals surface area (Å²) in [6.45, 7) is 1.48. The lowest BCUT2D eigenvalue weighted by molar-refractivity contribution is -0.117. The Morgan fingerprint density at radius 2 is 1.43 bits per heavy atom. The van der Waals surface area contributed by atoms with Gasteiger partial charge in [-0.2, -0.15) is 4.72 Å². The molecule has 0 aromatic heterocycles. The van der Waals surface area contributed by atoms with Crippen LogP contribution in [0.4, 0.5) is 5.69 Å². The molecule has 3 aromatic rings. The average Bonchev–Trinajstić information content (AvgIpc) is 2.70. The van der Waals surface area contributed by atoms with E-state index >= 15 is 0 Å². The number of anilines is 1. The Kier molecular flexibility index (Phi) is 6.08. The van der Waals surface area contributed by atoms with Crippen LogP contribution < -0.4 is 14.8 Å². The Bertz CT molecular complexity index is 1040. The van der Waals surface area contributed by atoms with Gasteiger partial charge >= 0.3 is 0 Å². The molecule has 1 atom stereocenters. The molecule has 6 nitrogen and oxygen atoms in total. The molecule has 7 heteroatoms. The molecule has 0 heterocycles. The van der Waals surface area contributed by atoms with Crippen LogP contribution in [-0.4, -0.2) is 20.4 Å². The van der Waals surface area contributed by atoms with E-state index in [4.69, 9.17) is 4.74 Å². The smallest absolute Gasteiger partial charge is 0.242 e. The molecule has 0 unspecified atom stereocenters. The van der Waals surface area contributed by atoms with Crippen molar-refractivity contribution in [2.45, 2.75) is 17.9 Å². The van der Waals surface area contributed by atoms with E-state index in [1.54, 1.807) is 54.6 Å². The first-order chi connectivity index (χ1) is 13.5. The Balaban J connectivity index is 1.71. The lowest BCUT2D eigenvalue weighted by Crippen LogP contribution is -2.41. The average molecular weight is 396 g/mol. The molecule has 0 fully saturated rings. The second-order valence-corrected chi connectivity index (χ2v) is 7.77. The normalized spacial score (nSPS) is 12.2. The maximum Gasteiger partial charge on any atom is 0.242 e. The molecule has 3 rings (SSSR count). The van der Waals surface area contributed by atoms with E-state index in [1.807, 2.05) is 18.2 Å². The molecule has 0 saturated carbocycles. The fourth-order valence-corrected chi connectivity index (χ4v) is 3.69. The predicted octanol–water partition coefficient (Wildman–Crippen LogP) is 3.78. The number of rotatable bonds is 7. The van der Waals surface area contributed by atoms with Crippen LogP contribution >= 0.6 is 0 Å².